The number of benzene rings is 1. The van der Waals surface area contributed by atoms with Crippen molar-refractivity contribution in [2.45, 2.75) is 123 Å². The predicted octanol–water partition coefficient (Wildman–Crippen LogP) is 6.01. The van der Waals surface area contributed by atoms with Gasteiger partial charge in [0.15, 0.2) is 0 Å². The number of piperidine rings is 1. The number of hydrogen-bond acceptors (Lipinski definition) is 5. The maximum absolute atomic E-state index is 13.6. The van der Waals surface area contributed by atoms with E-state index >= 15 is 0 Å². The summed E-state index contributed by atoms with van der Waals surface area (Å²) in [4.78, 5) is 26.1. The van der Waals surface area contributed by atoms with E-state index in [0.717, 1.165) is 12.0 Å². The molecule has 1 heterocycles. The zero-order valence-electron chi connectivity index (χ0n) is 24.4. The van der Waals surface area contributed by atoms with Crippen molar-refractivity contribution in [3.8, 4) is 0 Å². The van der Waals surface area contributed by atoms with E-state index in [-0.39, 0.29) is 18.0 Å². The molecular weight excluding hydrogens is 466 g/mol. The zero-order valence-corrected chi connectivity index (χ0v) is 24.4. The first kappa shape index (κ1) is 30.8. The minimum absolute atomic E-state index is 0.0635. The van der Waals surface area contributed by atoms with Gasteiger partial charge in [-0.2, -0.15) is 5.06 Å². The van der Waals surface area contributed by atoms with Crippen LogP contribution in [0, 0.1) is 5.92 Å². The van der Waals surface area contributed by atoms with Crippen LogP contribution in [0.15, 0.2) is 42.0 Å². The van der Waals surface area contributed by atoms with Crippen LogP contribution in [0.2, 0.25) is 0 Å². The molecule has 1 aliphatic heterocycles. The minimum Gasteiger partial charge on any atom is -0.444 e. The molecule has 3 N–H and O–H groups in total. The number of nitrogens with zero attached hydrogens (tertiary/aromatic N) is 1. The average Bonchev–Trinajstić information content (AvgIpc) is 2.73. The lowest BCUT2D eigenvalue weighted by molar-refractivity contribution is -0.246. The Balaban J connectivity index is 2.24. The second-order valence-corrected chi connectivity index (χ2v) is 13.1. The Bertz CT molecular complexity index is 914. The summed E-state index contributed by atoms with van der Waals surface area (Å²) in [6, 6.07) is 9.72. The number of hydroxylamine groups is 2. The summed E-state index contributed by atoms with van der Waals surface area (Å²) in [6.45, 7) is 17.7. The van der Waals surface area contributed by atoms with Crippen LogP contribution in [-0.2, 0) is 16.0 Å². The Morgan fingerprint density at radius 2 is 1.68 bits per heavy atom. The summed E-state index contributed by atoms with van der Waals surface area (Å²) in [5.41, 5.74) is 0.237. The third-order valence-electron chi connectivity index (χ3n) is 6.63. The maximum atomic E-state index is 13.6. The SMILES string of the molecule is CC(C)CC(CC=C(Cc1ccccc1)C(=O)NC1CC(C)(C)N(O)C(C)(C)C1)NC(=O)OC(C)(C)C. The van der Waals surface area contributed by atoms with E-state index in [1.54, 1.807) is 0 Å². The van der Waals surface area contributed by atoms with Crippen molar-refractivity contribution in [2.24, 2.45) is 5.92 Å². The summed E-state index contributed by atoms with van der Waals surface area (Å²) >= 11 is 0. The van der Waals surface area contributed by atoms with Crippen LogP contribution in [-0.4, -0.2) is 51.0 Å². The molecule has 0 aromatic heterocycles. The summed E-state index contributed by atoms with van der Waals surface area (Å²) in [5, 5.41) is 18.3. The predicted molar refractivity (Wildman–Crippen MR) is 148 cm³/mol. The summed E-state index contributed by atoms with van der Waals surface area (Å²) in [5.74, 6) is 0.264. The highest BCUT2D eigenvalue weighted by atomic mass is 16.6. The Kier molecular flexibility index (Phi) is 10.4. The standard InChI is InChI=1S/C30H49N3O4/c1-21(2)17-24(32-27(35)37-28(3,4)5)16-15-23(18-22-13-11-10-12-14-22)26(34)31-25-19-29(6,7)33(36)30(8,9)20-25/h10-15,21,24-25,36H,16-20H2,1-9H3,(H,31,34)(H,32,35). The first-order valence-electron chi connectivity index (χ1n) is 13.5. The van der Waals surface area contributed by atoms with Crippen LogP contribution in [0.1, 0.15) is 93.6 Å². The number of carbonyl (C=O) groups excluding carboxylic acids is 2. The van der Waals surface area contributed by atoms with Gasteiger partial charge in [0.2, 0.25) is 5.91 Å². The van der Waals surface area contributed by atoms with Gasteiger partial charge in [0, 0.05) is 35.2 Å². The smallest absolute Gasteiger partial charge is 0.407 e. The number of rotatable bonds is 9. The summed E-state index contributed by atoms with van der Waals surface area (Å²) in [7, 11) is 0. The molecule has 1 aromatic carbocycles. The molecule has 7 nitrogen and oxygen atoms in total. The van der Waals surface area contributed by atoms with E-state index in [2.05, 4.69) is 24.5 Å². The fraction of sp³-hybridized carbons (Fsp3) is 0.667. The number of alkyl carbamates (subject to hydrolysis) is 1. The lowest BCUT2D eigenvalue weighted by Gasteiger charge is -2.51. The first-order chi connectivity index (χ1) is 17.0. The third-order valence-corrected chi connectivity index (χ3v) is 6.63. The van der Waals surface area contributed by atoms with Crippen LogP contribution >= 0.6 is 0 Å². The molecule has 0 aliphatic carbocycles. The molecule has 1 unspecified atom stereocenters. The van der Waals surface area contributed by atoms with Gasteiger partial charge in [-0.25, -0.2) is 4.79 Å². The molecule has 2 rings (SSSR count). The highest BCUT2D eigenvalue weighted by Gasteiger charge is 2.45. The normalized spacial score (nSPS) is 19.4. The van der Waals surface area contributed by atoms with Crippen molar-refractivity contribution in [3.05, 3.63) is 47.5 Å². The van der Waals surface area contributed by atoms with Gasteiger partial charge in [0.05, 0.1) is 0 Å². The van der Waals surface area contributed by atoms with Crippen LogP contribution < -0.4 is 10.6 Å². The van der Waals surface area contributed by atoms with Crippen molar-refractivity contribution in [1.82, 2.24) is 15.7 Å². The van der Waals surface area contributed by atoms with Crippen molar-refractivity contribution in [3.63, 3.8) is 0 Å². The molecule has 1 aromatic rings. The maximum Gasteiger partial charge on any atom is 0.407 e. The molecule has 0 saturated carbocycles. The lowest BCUT2D eigenvalue weighted by Crippen LogP contribution is -2.63. The number of amides is 2. The van der Waals surface area contributed by atoms with Crippen LogP contribution in [0.25, 0.3) is 0 Å². The first-order valence-corrected chi connectivity index (χ1v) is 13.5. The van der Waals surface area contributed by atoms with E-state index in [1.165, 1.54) is 5.06 Å². The largest absolute Gasteiger partial charge is 0.444 e. The van der Waals surface area contributed by atoms with Gasteiger partial charge in [0.1, 0.15) is 5.60 Å². The molecule has 1 atom stereocenters. The van der Waals surface area contributed by atoms with E-state index in [9.17, 15) is 14.8 Å². The Morgan fingerprint density at radius 1 is 1.11 bits per heavy atom. The molecule has 2 amide bonds. The van der Waals surface area contributed by atoms with Gasteiger partial charge < -0.3 is 20.6 Å². The third kappa shape index (κ3) is 10.1. The molecule has 1 saturated heterocycles. The molecule has 0 radical (unpaired) electrons. The van der Waals surface area contributed by atoms with Gasteiger partial charge in [-0.1, -0.05) is 50.3 Å². The molecule has 0 bridgehead atoms. The Hall–Kier alpha value is -2.38. The molecule has 7 heteroatoms. The fourth-order valence-corrected chi connectivity index (χ4v) is 5.25. The Labute approximate surface area is 224 Å². The quantitative estimate of drug-likeness (QED) is 0.350. The van der Waals surface area contributed by atoms with E-state index < -0.39 is 22.8 Å². The Morgan fingerprint density at radius 3 is 2.19 bits per heavy atom. The number of carbonyl (C=O) groups is 2. The van der Waals surface area contributed by atoms with Gasteiger partial charge in [0.25, 0.3) is 0 Å². The van der Waals surface area contributed by atoms with E-state index in [4.69, 9.17) is 4.74 Å². The van der Waals surface area contributed by atoms with Crippen molar-refractivity contribution in [2.75, 3.05) is 0 Å². The van der Waals surface area contributed by atoms with Crippen molar-refractivity contribution >= 4 is 12.0 Å². The topological polar surface area (TPSA) is 90.9 Å². The van der Waals surface area contributed by atoms with Crippen LogP contribution in [0.4, 0.5) is 4.79 Å². The molecule has 1 aliphatic rings. The van der Waals surface area contributed by atoms with Gasteiger partial charge in [-0.05, 0) is 85.6 Å². The highest BCUT2D eigenvalue weighted by Crippen LogP contribution is 2.36. The molecule has 37 heavy (non-hydrogen) atoms. The molecule has 208 valence electrons. The number of ether oxygens (including phenoxy) is 1. The monoisotopic (exact) mass is 515 g/mol. The lowest BCUT2D eigenvalue weighted by atomic mass is 9.79. The second kappa shape index (κ2) is 12.4. The molecule has 0 spiro atoms. The minimum atomic E-state index is -0.577. The molecular formula is C30H49N3O4. The average molecular weight is 516 g/mol. The van der Waals surface area contributed by atoms with Gasteiger partial charge in [-0.3, -0.25) is 4.79 Å². The summed E-state index contributed by atoms with van der Waals surface area (Å²) < 4.78 is 5.47. The highest BCUT2D eigenvalue weighted by molar-refractivity contribution is 5.94. The molecule has 1 fully saturated rings. The van der Waals surface area contributed by atoms with Crippen molar-refractivity contribution < 1.29 is 19.5 Å². The van der Waals surface area contributed by atoms with Gasteiger partial charge >= 0.3 is 6.09 Å². The second-order valence-electron chi connectivity index (χ2n) is 13.1. The number of nitrogens with one attached hydrogen (secondary N) is 2. The van der Waals surface area contributed by atoms with E-state index in [0.29, 0.717) is 37.2 Å². The van der Waals surface area contributed by atoms with Gasteiger partial charge in [-0.15, -0.1) is 0 Å². The van der Waals surface area contributed by atoms with Crippen molar-refractivity contribution in [1.29, 1.82) is 0 Å². The number of hydrogen-bond donors (Lipinski definition) is 3. The fourth-order valence-electron chi connectivity index (χ4n) is 5.25. The zero-order chi connectivity index (χ0) is 28.0. The van der Waals surface area contributed by atoms with Crippen LogP contribution in [0.3, 0.4) is 0 Å². The van der Waals surface area contributed by atoms with E-state index in [1.807, 2.05) is 84.9 Å². The summed E-state index contributed by atoms with van der Waals surface area (Å²) in [6.07, 6.45) is 4.61. The van der Waals surface area contributed by atoms with Crippen LogP contribution in [0.5, 0.6) is 0 Å².